The average Bonchev–Trinajstić information content (AvgIpc) is 2.86. The number of para-hydroxylation sites is 1. The lowest BCUT2D eigenvalue weighted by molar-refractivity contribution is -0.115. The van der Waals surface area contributed by atoms with E-state index in [-0.39, 0.29) is 11.8 Å². The molecule has 0 saturated carbocycles. The molecule has 2 heterocycles. The summed E-state index contributed by atoms with van der Waals surface area (Å²) in [4.78, 5) is 32.1. The number of hydrogen-bond donors (Lipinski definition) is 2. The second-order valence-electron chi connectivity index (χ2n) is 9.21. The van der Waals surface area contributed by atoms with Crippen molar-refractivity contribution in [3.63, 3.8) is 0 Å². The molecule has 1 unspecified atom stereocenters. The summed E-state index contributed by atoms with van der Waals surface area (Å²) < 4.78 is 0. The van der Waals surface area contributed by atoms with Gasteiger partial charge in [-0.25, -0.2) is 4.98 Å². The predicted octanol–water partition coefficient (Wildman–Crippen LogP) is 5.10. The molecule has 0 aliphatic carbocycles. The van der Waals surface area contributed by atoms with E-state index in [1.807, 2.05) is 61.5 Å². The third-order valence-corrected chi connectivity index (χ3v) is 6.42. The zero-order valence-corrected chi connectivity index (χ0v) is 20.1. The first-order chi connectivity index (χ1) is 16.5. The second-order valence-corrected chi connectivity index (χ2v) is 9.21. The fraction of sp³-hybridized carbons (Fsp3) is 0.393. The first-order valence-electron chi connectivity index (χ1n) is 12.3. The Morgan fingerprint density at radius 2 is 1.91 bits per heavy atom. The van der Waals surface area contributed by atoms with Gasteiger partial charge in [-0.1, -0.05) is 44.2 Å². The number of likely N-dealkylation sites (tertiary alicyclic amines) is 1. The Kier molecular flexibility index (Phi) is 7.91. The number of nitrogens with one attached hydrogen (secondary N) is 2. The van der Waals surface area contributed by atoms with E-state index in [1.54, 1.807) is 0 Å². The fourth-order valence-electron chi connectivity index (χ4n) is 4.57. The van der Waals surface area contributed by atoms with E-state index in [0.717, 1.165) is 59.8 Å². The molecule has 1 fully saturated rings. The Labute approximate surface area is 201 Å². The summed E-state index contributed by atoms with van der Waals surface area (Å²) >= 11 is 0. The second kappa shape index (κ2) is 11.3. The monoisotopic (exact) mass is 458 g/mol. The van der Waals surface area contributed by atoms with Gasteiger partial charge < -0.3 is 15.5 Å². The van der Waals surface area contributed by atoms with Crippen LogP contribution in [0.3, 0.4) is 0 Å². The Balaban J connectivity index is 1.47. The van der Waals surface area contributed by atoms with Crippen molar-refractivity contribution in [2.75, 3.05) is 31.5 Å². The summed E-state index contributed by atoms with van der Waals surface area (Å²) in [6.45, 7) is 8.14. The summed E-state index contributed by atoms with van der Waals surface area (Å²) in [7, 11) is 0. The SMILES string of the molecule is CCC(=O)Nc1ccc(-c2cc(C(=O)NCCCN3CCCC(C)C3)c3ccccc3n2)cc1. The van der Waals surface area contributed by atoms with Gasteiger partial charge in [0, 0.05) is 36.1 Å². The van der Waals surface area contributed by atoms with E-state index in [9.17, 15) is 9.59 Å². The number of pyridine rings is 1. The molecule has 0 spiro atoms. The van der Waals surface area contributed by atoms with Crippen molar-refractivity contribution in [2.45, 2.75) is 39.5 Å². The lowest BCUT2D eigenvalue weighted by Gasteiger charge is -2.30. The molecular weight excluding hydrogens is 424 g/mol. The largest absolute Gasteiger partial charge is 0.352 e. The molecule has 178 valence electrons. The highest BCUT2D eigenvalue weighted by Gasteiger charge is 2.17. The van der Waals surface area contributed by atoms with Gasteiger partial charge in [-0.2, -0.15) is 0 Å². The van der Waals surface area contributed by atoms with Gasteiger partial charge in [0.25, 0.3) is 5.91 Å². The van der Waals surface area contributed by atoms with Gasteiger partial charge in [0.1, 0.15) is 0 Å². The molecule has 1 aliphatic heterocycles. The topological polar surface area (TPSA) is 74.3 Å². The van der Waals surface area contributed by atoms with Crippen LogP contribution < -0.4 is 10.6 Å². The Morgan fingerprint density at radius 3 is 2.68 bits per heavy atom. The molecule has 3 aromatic rings. The van der Waals surface area contributed by atoms with Gasteiger partial charge in [-0.05, 0) is 62.5 Å². The van der Waals surface area contributed by atoms with Crippen molar-refractivity contribution >= 4 is 28.4 Å². The molecule has 0 bridgehead atoms. The number of hydrogen-bond acceptors (Lipinski definition) is 4. The number of carbonyl (C=O) groups is 2. The number of nitrogens with zero attached hydrogens (tertiary/aromatic N) is 2. The number of amides is 2. The maximum absolute atomic E-state index is 13.2. The summed E-state index contributed by atoms with van der Waals surface area (Å²) in [5.74, 6) is 0.672. The van der Waals surface area contributed by atoms with Crippen LogP contribution in [0.25, 0.3) is 22.2 Å². The minimum atomic E-state index is -0.0707. The van der Waals surface area contributed by atoms with Gasteiger partial charge >= 0.3 is 0 Å². The summed E-state index contributed by atoms with van der Waals surface area (Å²) in [5, 5.41) is 6.82. The molecule has 4 rings (SSSR count). The number of piperidine rings is 1. The minimum absolute atomic E-state index is 0.0228. The van der Waals surface area contributed by atoms with Crippen molar-refractivity contribution < 1.29 is 9.59 Å². The van der Waals surface area contributed by atoms with Crippen LogP contribution in [0.4, 0.5) is 5.69 Å². The van der Waals surface area contributed by atoms with Crippen LogP contribution >= 0.6 is 0 Å². The highest BCUT2D eigenvalue weighted by molar-refractivity contribution is 6.07. The van der Waals surface area contributed by atoms with Crippen LogP contribution in [0.15, 0.2) is 54.6 Å². The van der Waals surface area contributed by atoms with Crippen molar-refractivity contribution in [3.05, 3.63) is 60.2 Å². The minimum Gasteiger partial charge on any atom is -0.352 e. The lowest BCUT2D eigenvalue weighted by Crippen LogP contribution is -2.36. The van der Waals surface area contributed by atoms with Gasteiger partial charge in [0.15, 0.2) is 0 Å². The lowest BCUT2D eigenvalue weighted by atomic mass is 10.0. The molecule has 2 amide bonds. The number of benzene rings is 2. The van der Waals surface area contributed by atoms with Crippen molar-refractivity contribution in [2.24, 2.45) is 5.92 Å². The van der Waals surface area contributed by atoms with E-state index in [2.05, 4.69) is 22.5 Å². The van der Waals surface area contributed by atoms with Gasteiger partial charge in [0.2, 0.25) is 5.91 Å². The number of rotatable bonds is 8. The van der Waals surface area contributed by atoms with E-state index in [4.69, 9.17) is 4.98 Å². The molecule has 34 heavy (non-hydrogen) atoms. The fourth-order valence-corrected chi connectivity index (χ4v) is 4.57. The van der Waals surface area contributed by atoms with Crippen LogP contribution in [0, 0.1) is 5.92 Å². The maximum atomic E-state index is 13.2. The first kappa shape index (κ1) is 23.9. The van der Waals surface area contributed by atoms with Crippen LogP contribution in [0.1, 0.15) is 49.9 Å². The van der Waals surface area contributed by atoms with Crippen molar-refractivity contribution in [1.82, 2.24) is 15.2 Å². The van der Waals surface area contributed by atoms with Crippen LogP contribution in [0.5, 0.6) is 0 Å². The highest BCUT2D eigenvalue weighted by Crippen LogP contribution is 2.26. The number of carbonyl (C=O) groups excluding carboxylic acids is 2. The van der Waals surface area contributed by atoms with Crippen LogP contribution in [0.2, 0.25) is 0 Å². The van der Waals surface area contributed by atoms with Gasteiger partial charge in [-0.3, -0.25) is 9.59 Å². The van der Waals surface area contributed by atoms with Gasteiger partial charge in [-0.15, -0.1) is 0 Å². The number of anilines is 1. The molecule has 1 saturated heterocycles. The predicted molar refractivity (Wildman–Crippen MR) is 138 cm³/mol. The smallest absolute Gasteiger partial charge is 0.252 e. The molecule has 0 radical (unpaired) electrons. The normalized spacial score (nSPS) is 16.4. The molecule has 1 aromatic heterocycles. The quantitative estimate of drug-likeness (QED) is 0.461. The average molecular weight is 459 g/mol. The summed E-state index contributed by atoms with van der Waals surface area (Å²) in [6.07, 6.45) is 3.97. The first-order valence-corrected chi connectivity index (χ1v) is 12.3. The zero-order chi connectivity index (χ0) is 23.9. The molecule has 1 aliphatic rings. The number of fused-ring (bicyclic) bond motifs is 1. The molecule has 6 heteroatoms. The molecule has 2 aromatic carbocycles. The molecular formula is C28H34N4O2. The van der Waals surface area contributed by atoms with Crippen molar-refractivity contribution in [3.8, 4) is 11.3 Å². The van der Waals surface area contributed by atoms with E-state index < -0.39 is 0 Å². The van der Waals surface area contributed by atoms with Crippen LogP contribution in [-0.2, 0) is 4.79 Å². The standard InChI is InChI=1S/C28H34N4O2/c1-3-27(33)30-22-13-11-21(12-14-22)26-18-24(23-9-4-5-10-25(23)31-26)28(34)29-15-7-17-32-16-6-8-20(2)19-32/h4-5,9-14,18,20H,3,6-8,15-17,19H2,1-2H3,(H,29,34)(H,30,33). The van der Waals surface area contributed by atoms with E-state index in [0.29, 0.717) is 18.5 Å². The molecule has 1 atom stereocenters. The Hall–Kier alpha value is -3.25. The third kappa shape index (κ3) is 6.00. The molecule has 6 nitrogen and oxygen atoms in total. The number of aromatic nitrogens is 1. The molecule has 2 N–H and O–H groups in total. The van der Waals surface area contributed by atoms with Crippen molar-refractivity contribution in [1.29, 1.82) is 0 Å². The summed E-state index contributed by atoms with van der Waals surface area (Å²) in [6, 6.07) is 17.2. The Morgan fingerprint density at radius 1 is 1.12 bits per heavy atom. The summed E-state index contributed by atoms with van der Waals surface area (Å²) in [5.41, 5.74) is 3.80. The van der Waals surface area contributed by atoms with Crippen LogP contribution in [-0.4, -0.2) is 47.9 Å². The van der Waals surface area contributed by atoms with E-state index >= 15 is 0 Å². The van der Waals surface area contributed by atoms with E-state index in [1.165, 1.54) is 12.8 Å². The third-order valence-electron chi connectivity index (χ3n) is 6.42. The van der Waals surface area contributed by atoms with Gasteiger partial charge in [0.05, 0.1) is 16.8 Å². The maximum Gasteiger partial charge on any atom is 0.252 e. The zero-order valence-electron chi connectivity index (χ0n) is 20.1. The highest BCUT2D eigenvalue weighted by atomic mass is 16.2. The Bertz CT molecular complexity index is 1140.